The van der Waals surface area contributed by atoms with Crippen LogP contribution in [0.1, 0.15) is 22.8 Å². The van der Waals surface area contributed by atoms with Crippen molar-refractivity contribution in [2.24, 2.45) is 0 Å². The maximum absolute atomic E-state index is 12.5. The number of amides is 1. The van der Waals surface area contributed by atoms with E-state index in [2.05, 4.69) is 15.6 Å². The van der Waals surface area contributed by atoms with Crippen molar-refractivity contribution in [1.29, 1.82) is 0 Å². The van der Waals surface area contributed by atoms with Gasteiger partial charge in [0.05, 0.1) is 6.61 Å². The maximum Gasteiger partial charge on any atom is 0.255 e. The van der Waals surface area contributed by atoms with Gasteiger partial charge in [0.1, 0.15) is 11.6 Å². The average molecular weight is 382 g/mol. The summed E-state index contributed by atoms with van der Waals surface area (Å²) in [5.74, 6) is 1.20. The largest absolute Gasteiger partial charge is 0.494 e. The summed E-state index contributed by atoms with van der Waals surface area (Å²) in [7, 11) is 0. The van der Waals surface area contributed by atoms with Crippen molar-refractivity contribution in [3.63, 3.8) is 0 Å². The van der Waals surface area contributed by atoms with E-state index < -0.39 is 0 Å². The lowest BCUT2D eigenvalue weighted by atomic mass is 10.2. The van der Waals surface area contributed by atoms with Crippen LogP contribution in [0.4, 0.5) is 11.5 Å². The monoisotopic (exact) mass is 381 g/mol. The quantitative estimate of drug-likeness (QED) is 0.604. The normalized spacial score (nSPS) is 10.3. The van der Waals surface area contributed by atoms with Crippen LogP contribution in [0, 0.1) is 0 Å². The van der Waals surface area contributed by atoms with E-state index in [1.165, 1.54) is 0 Å². The Morgan fingerprint density at radius 3 is 2.52 bits per heavy atom. The number of anilines is 2. The lowest BCUT2D eigenvalue weighted by Gasteiger charge is -2.09. The number of pyridine rings is 1. The molecule has 27 heavy (non-hydrogen) atoms. The number of hydrogen-bond acceptors (Lipinski definition) is 4. The first kappa shape index (κ1) is 18.7. The first-order valence-electron chi connectivity index (χ1n) is 8.62. The van der Waals surface area contributed by atoms with E-state index in [0.29, 0.717) is 35.2 Å². The van der Waals surface area contributed by atoms with Gasteiger partial charge < -0.3 is 15.4 Å². The fourth-order valence-corrected chi connectivity index (χ4v) is 2.59. The Hall–Kier alpha value is -3.05. The van der Waals surface area contributed by atoms with Crippen molar-refractivity contribution >= 4 is 29.0 Å². The molecule has 0 unspecified atom stereocenters. The first-order valence-corrected chi connectivity index (χ1v) is 9.00. The molecule has 2 aromatic carbocycles. The zero-order chi connectivity index (χ0) is 19.1. The van der Waals surface area contributed by atoms with E-state index in [9.17, 15) is 4.79 Å². The topological polar surface area (TPSA) is 63.2 Å². The molecule has 138 valence electrons. The highest BCUT2D eigenvalue weighted by Gasteiger charge is 2.08. The molecule has 1 aromatic heterocycles. The zero-order valence-corrected chi connectivity index (χ0v) is 15.7. The molecule has 0 saturated carbocycles. The molecule has 0 bridgehead atoms. The van der Waals surface area contributed by atoms with Gasteiger partial charge in [-0.15, -0.1) is 0 Å². The van der Waals surface area contributed by atoms with Crippen molar-refractivity contribution < 1.29 is 9.53 Å². The SMILES string of the molecule is CCOc1ccc(NC(=O)c2ccnc(NCc3ccc(Cl)cc3)c2)cc1. The predicted molar refractivity (Wildman–Crippen MR) is 109 cm³/mol. The Balaban J connectivity index is 1.61. The Bertz CT molecular complexity index is 896. The first-order chi connectivity index (χ1) is 13.1. The summed E-state index contributed by atoms with van der Waals surface area (Å²) < 4.78 is 5.40. The number of aromatic nitrogens is 1. The Morgan fingerprint density at radius 2 is 1.81 bits per heavy atom. The van der Waals surface area contributed by atoms with E-state index in [1.54, 1.807) is 18.3 Å². The summed E-state index contributed by atoms with van der Waals surface area (Å²) in [6, 6.07) is 18.2. The number of carbonyl (C=O) groups excluding carboxylic acids is 1. The number of nitrogens with one attached hydrogen (secondary N) is 2. The van der Waals surface area contributed by atoms with Crippen molar-refractivity contribution in [2.45, 2.75) is 13.5 Å². The van der Waals surface area contributed by atoms with E-state index in [0.717, 1.165) is 11.3 Å². The van der Waals surface area contributed by atoms with Crippen LogP contribution in [0.15, 0.2) is 66.9 Å². The third-order valence-corrected chi connectivity index (χ3v) is 4.08. The lowest BCUT2D eigenvalue weighted by molar-refractivity contribution is 0.102. The number of ether oxygens (including phenoxy) is 1. The van der Waals surface area contributed by atoms with Gasteiger partial charge in [0.25, 0.3) is 5.91 Å². The fraction of sp³-hybridized carbons (Fsp3) is 0.143. The second-order valence-corrected chi connectivity index (χ2v) is 6.26. The number of carbonyl (C=O) groups is 1. The van der Waals surface area contributed by atoms with Gasteiger partial charge in [0.2, 0.25) is 0 Å². The minimum absolute atomic E-state index is 0.198. The van der Waals surface area contributed by atoms with Crippen LogP contribution in [-0.2, 0) is 6.54 Å². The van der Waals surface area contributed by atoms with Crippen molar-refractivity contribution in [2.75, 3.05) is 17.2 Å². The van der Waals surface area contributed by atoms with E-state index >= 15 is 0 Å². The molecule has 1 amide bonds. The van der Waals surface area contributed by atoms with Gasteiger partial charge in [-0.2, -0.15) is 0 Å². The highest BCUT2D eigenvalue weighted by atomic mass is 35.5. The standard InChI is InChI=1S/C21H20ClN3O2/c1-2-27-19-9-7-18(8-10-19)25-21(26)16-11-12-23-20(13-16)24-14-15-3-5-17(22)6-4-15/h3-13H,2,14H2,1H3,(H,23,24)(H,25,26). The molecule has 1 heterocycles. The number of benzene rings is 2. The van der Waals surface area contributed by atoms with Gasteiger partial charge >= 0.3 is 0 Å². The fourth-order valence-electron chi connectivity index (χ4n) is 2.47. The Morgan fingerprint density at radius 1 is 1.07 bits per heavy atom. The highest BCUT2D eigenvalue weighted by Crippen LogP contribution is 2.17. The molecule has 0 saturated heterocycles. The van der Waals surface area contributed by atoms with Gasteiger partial charge in [-0.05, 0) is 61.0 Å². The van der Waals surface area contributed by atoms with Gasteiger partial charge in [-0.1, -0.05) is 23.7 Å². The van der Waals surface area contributed by atoms with Crippen molar-refractivity contribution in [3.8, 4) is 5.75 Å². The summed E-state index contributed by atoms with van der Waals surface area (Å²) in [4.78, 5) is 16.7. The van der Waals surface area contributed by atoms with E-state index in [4.69, 9.17) is 16.3 Å². The second-order valence-electron chi connectivity index (χ2n) is 5.82. The summed E-state index contributed by atoms with van der Waals surface area (Å²) in [6.07, 6.45) is 1.61. The smallest absolute Gasteiger partial charge is 0.255 e. The molecule has 0 aliphatic heterocycles. The van der Waals surface area contributed by atoms with Gasteiger partial charge in [0, 0.05) is 29.0 Å². The molecular weight excluding hydrogens is 362 g/mol. The van der Waals surface area contributed by atoms with Crippen LogP contribution in [0.5, 0.6) is 5.75 Å². The van der Waals surface area contributed by atoms with Crippen LogP contribution in [0.2, 0.25) is 5.02 Å². The number of hydrogen-bond donors (Lipinski definition) is 2. The molecule has 0 fully saturated rings. The third-order valence-electron chi connectivity index (χ3n) is 3.83. The number of nitrogens with zero attached hydrogens (tertiary/aromatic N) is 1. The van der Waals surface area contributed by atoms with Crippen LogP contribution in [-0.4, -0.2) is 17.5 Å². The predicted octanol–water partition coefficient (Wildman–Crippen LogP) is 5.00. The minimum Gasteiger partial charge on any atom is -0.494 e. The Labute approximate surface area is 163 Å². The van der Waals surface area contributed by atoms with Gasteiger partial charge in [-0.25, -0.2) is 4.98 Å². The number of rotatable bonds is 7. The van der Waals surface area contributed by atoms with Crippen LogP contribution >= 0.6 is 11.6 Å². The molecule has 3 aromatic rings. The second kappa shape index (κ2) is 9.05. The zero-order valence-electron chi connectivity index (χ0n) is 14.9. The molecule has 2 N–H and O–H groups in total. The van der Waals surface area contributed by atoms with E-state index in [-0.39, 0.29) is 5.91 Å². The molecule has 0 radical (unpaired) electrons. The molecule has 6 heteroatoms. The molecule has 5 nitrogen and oxygen atoms in total. The molecule has 0 aliphatic carbocycles. The van der Waals surface area contributed by atoms with Gasteiger partial charge in [0.15, 0.2) is 0 Å². The molecule has 0 aliphatic rings. The Kier molecular flexibility index (Phi) is 6.28. The van der Waals surface area contributed by atoms with Crippen molar-refractivity contribution in [1.82, 2.24) is 4.98 Å². The van der Waals surface area contributed by atoms with Gasteiger partial charge in [-0.3, -0.25) is 4.79 Å². The van der Waals surface area contributed by atoms with Crippen molar-refractivity contribution in [3.05, 3.63) is 83.0 Å². The van der Waals surface area contributed by atoms with E-state index in [1.807, 2.05) is 55.5 Å². The average Bonchev–Trinajstić information content (AvgIpc) is 2.69. The molecule has 3 rings (SSSR count). The van der Waals surface area contributed by atoms with Crippen LogP contribution in [0.3, 0.4) is 0 Å². The minimum atomic E-state index is -0.198. The number of halogens is 1. The van der Waals surface area contributed by atoms with Crippen LogP contribution in [0.25, 0.3) is 0 Å². The third kappa shape index (κ3) is 5.46. The summed E-state index contributed by atoms with van der Waals surface area (Å²) in [6.45, 7) is 3.13. The summed E-state index contributed by atoms with van der Waals surface area (Å²) >= 11 is 5.89. The lowest BCUT2D eigenvalue weighted by Crippen LogP contribution is -2.12. The molecule has 0 atom stereocenters. The molecule has 0 spiro atoms. The highest BCUT2D eigenvalue weighted by molar-refractivity contribution is 6.30. The summed E-state index contributed by atoms with van der Waals surface area (Å²) in [5, 5.41) is 6.78. The molecular formula is C21H20ClN3O2. The summed E-state index contributed by atoms with van der Waals surface area (Å²) in [5.41, 5.74) is 2.30. The maximum atomic E-state index is 12.5. The van der Waals surface area contributed by atoms with Crippen LogP contribution < -0.4 is 15.4 Å².